The molecule has 0 atom stereocenters. The molecule has 1 aromatic carbocycles. The van der Waals surface area contributed by atoms with Gasteiger partial charge in [-0.15, -0.1) is 0 Å². The van der Waals surface area contributed by atoms with Gasteiger partial charge in [-0.05, 0) is 12.1 Å². The molecular formula is C10H11BrClNO. The van der Waals surface area contributed by atoms with Crippen LogP contribution in [0, 0.1) is 0 Å². The largest absolute Gasteiger partial charge is 0.488 e. The second kappa shape index (κ2) is 5.39. The number of rotatable bonds is 4. The minimum Gasteiger partial charge on any atom is -0.488 e. The van der Waals surface area contributed by atoms with Crippen molar-refractivity contribution in [2.24, 2.45) is 5.73 Å². The lowest BCUT2D eigenvalue weighted by atomic mass is 10.2. The molecule has 1 aromatic rings. The molecule has 0 heterocycles. The Bertz CT molecular complexity index is 341. The third kappa shape index (κ3) is 3.01. The van der Waals surface area contributed by atoms with E-state index in [1.54, 1.807) is 6.07 Å². The van der Waals surface area contributed by atoms with Crippen LogP contribution in [0.25, 0.3) is 0 Å². The number of nitrogens with two attached hydrogens (primary N) is 1. The van der Waals surface area contributed by atoms with Crippen LogP contribution in [-0.4, -0.2) is 6.61 Å². The number of hydrogen-bond acceptors (Lipinski definition) is 2. The Morgan fingerprint density at radius 3 is 2.86 bits per heavy atom. The average Bonchev–Trinajstić information content (AvgIpc) is 2.14. The third-order valence-electron chi connectivity index (χ3n) is 1.66. The van der Waals surface area contributed by atoms with Crippen molar-refractivity contribution in [2.45, 2.75) is 6.54 Å². The highest BCUT2D eigenvalue weighted by molar-refractivity contribution is 9.11. The minimum absolute atomic E-state index is 0.365. The summed E-state index contributed by atoms with van der Waals surface area (Å²) in [5.74, 6) is 0.709. The van der Waals surface area contributed by atoms with Crippen molar-refractivity contribution < 1.29 is 4.74 Å². The third-order valence-corrected chi connectivity index (χ3v) is 2.25. The Labute approximate surface area is 96.8 Å². The molecule has 0 aromatic heterocycles. The second-order valence-electron chi connectivity index (χ2n) is 2.73. The molecule has 2 N–H and O–H groups in total. The number of hydrogen-bond donors (Lipinski definition) is 1. The van der Waals surface area contributed by atoms with Gasteiger partial charge in [0.2, 0.25) is 0 Å². The second-order valence-corrected chi connectivity index (χ2v) is 4.26. The van der Waals surface area contributed by atoms with Crippen LogP contribution in [0.1, 0.15) is 5.56 Å². The van der Waals surface area contributed by atoms with Crippen LogP contribution in [0.2, 0.25) is 5.02 Å². The van der Waals surface area contributed by atoms with Crippen LogP contribution in [0.15, 0.2) is 29.3 Å². The molecule has 76 valence electrons. The fourth-order valence-corrected chi connectivity index (χ4v) is 1.39. The first-order valence-electron chi connectivity index (χ1n) is 4.08. The van der Waals surface area contributed by atoms with Gasteiger partial charge in [0.15, 0.2) is 0 Å². The van der Waals surface area contributed by atoms with Crippen molar-refractivity contribution in [3.05, 3.63) is 39.8 Å². The molecule has 1 rings (SSSR count). The van der Waals surface area contributed by atoms with E-state index in [0.717, 1.165) is 10.0 Å². The van der Waals surface area contributed by atoms with Gasteiger partial charge in [0, 0.05) is 21.6 Å². The molecule has 0 radical (unpaired) electrons. The van der Waals surface area contributed by atoms with Crippen molar-refractivity contribution in [2.75, 3.05) is 6.61 Å². The van der Waals surface area contributed by atoms with Gasteiger partial charge in [-0.3, -0.25) is 0 Å². The van der Waals surface area contributed by atoms with E-state index in [9.17, 15) is 0 Å². The lowest BCUT2D eigenvalue weighted by molar-refractivity contribution is 0.357. The minimum atomic E-state index is 0.365. The van der Waals surface area contributed by atoms with E-state index in [2.05, 4.69) is 22.5 Å². The van der Waals surface area contributed by atoms with Crippen molar-refractivity contribution in [3.63, 3.8) is 0 Å². The van der Waals surface area contributed by atoms with Gasteiger partial charge in [0.25, 0.3) is 0 Å². The van der Waals surface area contributed by atoms with E-state index >= 15 is 0 Å². The van der Waals surface area contributed by atoms with Crippen LogP contribution in [0.4, 0.5) is 0 Å². The molecule has 0 saturated heterocycles. The summed E-state index contributed by atoms with van der Waals surface area (Å²) in [6.45, 7) is 4.45. The van der Waals surface area contributed by atoms with Gasteiger partial charge < -0.3 is 10.5 Å². The molecular weight excluding hydrogens is 265 g/mol. The van der Waals surface area contributed by atoms with E-state index in [1.807, 2.05) is 12.1 Å². The zero-order valence-electron chi connectivity index (χ0n) is 7.59. The van der Waals surface area contributed by atoms with Gasteiger partial charge in [0.05, 0.1) is 0 Å². The van der Waals surface area contributed by atoms with Gasteiger partial charge in [-0.2, -0.15) is 0 Å². The van der Waals surface area contributed by atoms with E-state index in [4.69, 9.17) is 22.1 Å². The van der Waals surface area contributed by atoms with Gasteiger partial charge in [0.1, 0.15) is 12.4 Å². The first-order valence-corrected chi connectivity index (χ1v) is 5.25. The zero-order chi connectivity index (χ0) is 10.6. The normalized spacial score (nSPS) is 9.93. The summed E-state index contributed by atoms with van der Waals surface area (Å²) in [7, 11) is 0. The van der Waals surface area contributed by atoms with E-state index in [0.29, 0.717) is 23.9 Å². The Kier molecular flexibility index (Phi) is 4.45. The molecule has 4 heteroatoms. The summed E-state index contributed by atoms with van der Waals surface area (Å²) in [4.78, 5) is 0. The highest BCUT2D eigenvalue weighted by Gasteiger charge is 2.05. The fraction of sp³-hybridized carbons (Fsp3) is 0.200. The van der Waals surface area contributed by atoms with Crippen molar-refractivity contribution in [3.8, 4) is 5.75 Å². The first-order chi connectivity index (χ1) is 6.65. The summed E-state index contributed by atoms with van der Waals surface area (Å²) >= 11 is 9.16. The molecule has 0 spiro atoms. The van der Waals surface area contributed by atoms with Crippen LogP contribution < -0.4 is 10.5 Å². The van der Waals surface area contributed by atoms with E-state index < -0.39 is 0 Å². The quantitative estimate of drug-likeness (QED) is 0.917. The summed E-state index contributed by atoms with van der Waals surface area (Å²) in [5.41, 5.74) is 6.38. The maximum absolute atomic E-state index is 5.95. The maximum Gasteiger partial charge on any atom is 0.125 e. The van der Waals surface area contributed by atoms with E-state index in [1.165, 1.54) is 0 Å². The molecule has 0 amide bonds. The Balaban J connectivity index is 2.85. The molecule has 0 bridgehead atoms. The van der Waals surface area contributed by atoms with Crippen molar-refractivity contribution in [1.82, 2.24) is 0 Å². The van der Waals surface area contributed by atoms with Crippen molar-refractivity contribution >= 4 is 27.5 Å². The summed E-state index contributed by atoms with van der Waals surface area (Å²) in [5, 5.41) is 0.630. The highest BCUT2D eigenvalue weighted by atomic mass is 79.9. The molecule has 0 saturated carbocycles. The monoisotopic (exact) mass is 275 g/mol. The topological polar surface area (TPSA) is 35.2 Å². The maximum atomic E-state index is 5.95. The molecule has 14 heavy (non-hydrogen) atoms. The molecule has 0 fully saturated rings. The number of halogens is 2. The molecule has 0 aliphatic rings. The summed E-state index contributed by atoms with van der Waals surface area (Å²) in [6, 6.07) is 5.46. The molecule has 0 unspecified atom stereocenters. The Hall–Kier alpha value is -0.510. The highest BCUT2D eigenvalue weighted by Crippen LogP contribution is 2.26. The average molecular weight is 277 g/mol. The predicted octanol–water partition coefficient (Wildman–Crippen LogP) is 3.09. The smallest absolute Gasteiger partial charge is 0.125 e. The van der Waals surface area contributed by atoms with Crippen LogP contribution >= 0.6 is 27.5 Å². The lowest BCUT2D eigenvalue weighted by Crippen LogP contribution is -2.04. The number of benzene rings is 1. The molecule has 0 aliphatic heterocycles. The first kappa shape index (κ1) is 11.6. The van der Waals surface area contributed by atoms with Crippen LogP contribution in [0.3, 0.4) is 0 Å². The predicted molar refractivity (Wildman–Crippen MR) is 62.9 cm³/mol. The van der Waals surface area contributed by atoms with Crippen LogP contribution in [0.5, 0.6) is 5.75 Å². The van der Waals surface area contributed by atoms with Gasteiger partial charge >= 0.3 is 0 Å². The SMILES string of the molecule is C=C(Br)COc1cccc(Cl)c1CN. The van der Waals surface area contributed by atoms with Crippen LogP contribution in [-0.2, 0) is 6.54 Å². The Morgan fingerprint density at radius 1 is 1.57 bits per heavy atom. The van der Waals surface area contributed by atoms with Crippen molar-refractivity contribution in [1.29, 1.82) is 0 Å². The summed E-state index contributed by atoms with van der Waals surface area (Å²) in [6.07, 6.45) is 0. The molecule has 2 nitrogen and oxygen atoms in total. The lowest BCUT2D eigenvalue weighted by Gasteiger charge is -2.10. The Morgan fingerprint density at radius 2 is 2.29 bits per heavy atom. The summed E-state index contributed by atoms with van der Waals surface area (Å²) < 4.78 is 6.24. The standard InChI is InChI=1S/C10H11BrClNO/c1-7(11)6-14-10-4-2-3-9(12)8(10)5-13/h2-4H,1,5-6,13H2. The zero-order valence-corrected chi connectivity index (χ0v) is 9.94. The van der Waals surface area contributed by atoms with E-state index in [-0.39, 0.29) is 0 Å². The van der Waals surface area contributed by atoms with Gasteiger partial charge in [-0.1, -0.05) is 40.2 Å². The fourth-order valence-electron chi connectivity index (χ4n) is 1.03. The molecule has 0 aliphatic carbocycles. The van der Waals surface area contributed by atoms with Gasteiger partial charge in [-0.25, -0.2) is 0 Å². The number of ether oxygens (including phenoxy) is 1.